The molecule has 64 valence electrons. The number of hydrogen-bond donors (Lipinski definition) is 0. The van der Waals surface area contributed by atoms with E-state index in [1.54, 1.807) is 0 Å². The van der Waals surface area contributed by atoms with Crippen LogP contribution in [-0.2, 0) is 4.79 Å². The quantitative estimate of drug-likeness (QED) is 0.413. The summed E-state index contributed by atoms with van der Waals surface area (Å²) < 4.78 is 12.3. The van der Waals surface area contributed by atoms with Gasteiger partial charge in [0, 0.05) is 10.6 Å². The van der Waals surface area contributed by atoms with Gasteiger partial charge in [0.15, 0.2) is 0 Å². The van der Waals surface area contributed by atoms with Crippen LogP contribution in [0.3, 0.4) is 0 Å². The smallest absolute Gasteiger partial charge is 0.549 e. The van der Waals surface area contributed by atoms with E-state index in [1.807, 2.05) is 0 Å². The van der Waals surface area contributed by atoms with Crippen LogP contribution in [0.2, 0.25) is 0 Å². The van der Waals surface area contributed by atoms with Crippen molar-refractivity contribution in [2.75, 3.05) is 5.75 Å². The number of hydrogen-bond acceptors (Lipinski definition) is 3. The molecular weight excluding hydrogens is 202 g/mol. The molecule has 0 fully saturated rings. The van der Waals surface area contributed by atoms with Gasteiger partial charge in [0.1, 0.15) is 5.82 Å². The first kappa shape index (κ1) is 13.0. The predicted molar refractivity (Wildman–Crippen MR) is 42.1 cm³/mol. The first-order chi connectivity index (χ1) is 5.68. The summed E-state index contributed by atoms with van der Waals surface area (Å²) in [6.45, 7) is 0. The largest absolute Gasteiger partial charge is 1.00 e. The van der Waals surface area contributed by atoms with Crippen molar-refractivity contribution in [3.05, 3.63) is 30.1 Å². The zero-order valence-corrected chi connectivity index (χ0v) is 9.94. The molecule has 0 aliphatic rings. The fourth-order valence-electron chi connectivity index (χ4n) is 0.673. The van der Waals surface area contributed by atoms with Gasteiger partial charge >= 0.3 is 29.6 Å². The molecule has 0 bridgehead atoms. The van der Waals surface area contributed by atoms with Crippen LogP contribution in [0, 0.1) is 5.82 Å². The maximum atomic E-state index is 12.3. The molecule has 5 heteroatoms. The maximum Gasteiger partial charge on any atom is 1.00 e. The fraction of sp³-hybridized carbons (Fsp3) is 0.125. The van der Waals surface area contributed by atoms with Gasteiger partial charge in [-0.1, -0.05) is 0 Å². The molecule has 0 aliphatic heterocycles. The molecule has 0 atom stereocenters. The number of aliphatic carboxylic acids is 1. The van der Waals surface area contributed by atoms with Crippen LogP contribution < -0.4 is 34.7 Å². The van der Waals surface area contributed by atoms with Gasteiger partial charge in [0.2, 0.25) is 0 Å². The van der Waals surface area contributed by atoms with E-state index in [1.165, 1.54) is 24.3 Å². The van der Waals surface area contributed by atoms with E-state index >= 15 is 0 Å². The summed E-state index contributed by atoms with van der Waals surface area (Å²) in [6.07, 6.45) is 0. The second-order valence-corrected chi connectivity index (χ2v) is 3.16. The Kier molecular flexibility index (Phi) is 6.41. The second-order valence-electron chi connectivity index (χ2n) is 2.11. The Morgan fingerprint density at radius 2 is 1.92 bits per heavy atom. The van der Waals surface area contributed by atoms with Crippen LogP contribution in [-0.4, -0.2) is 11.7 Å². The van der Waals surface area contributed by atoms with Gasteiger partial charge in [-0.25, -0.2) is 4.39 Å². The molecule has 2 nitrogen and oxygen atoms in total. The number of carboxylic acid groups (broad SMARTS) is 1. The van der Waals surface area contributed by atoms with E-state index in [9.17, 15) is 14.3 Å². The van der Waals surface area contributed by atoms with Gasteiger partial charge in [-0.3, -0.25) is 0 Å². The molecule has 0 spiro atoms. The molecule has 0 saturated heterocycles. The summed E-state index contributed by atoms with van der Waals surface area (Å²) >= 11 is 1.11. The molecule has 1 aromatic rings. The van der Waals surface area contributed by atoms with Crippen molar-refractivity contribution in [2.45, 2.75) is 4.90 Å². The predicted octanol–water partition coefficient (Wildman–Crippen LogP) is -2.33. The van der Waals surface area contributed by atoms with Crippen molar-refractivity contribution in [1.82, 2.24) is 0 Å². The molecular formula is C8H6FNaO2S. The number of thioether (sulfide) groups is 1. The van der Waals surface area contributed by atoms with Crippen molar-refractivity contribution >= 4 is 17.7 Å². The average molecular weight is 208 g/mol. The van der Waals surface area contributed by atoms with Crippen LogP contribution in [0.4, 0.5) is 4.39 Å². The number of rotatable bonds is 3. The van der Waals surface area contributed by atoms with Crippen molar-refractivity contribution in [3.63, 3.8) is 0 Å². The minimum Gasteiger partial charge on any atom is -0.549 e. The Morgan fingerprint density at radius 3 is 2.38 bits per heavy atom. The van der Waals surface area contributed by atoms with Crippen LogP contribution in [0.5, 0.6) is 0 Å². The average Bonchev–Trinajstić information content (AvgIpc) is 2.03. The van der Waals surface area contributed by atoms with Gasteiger partial charge in [-0.15, -0.1) is 11.8 Å². The Hall–Kier alpha value is -0.0300. The van der Waals surface area contributed by atoms with Gasteiger partial charge in [-0.2, -0.15) is 0 Å². The molecule has 1 rings (SSSR count). The molecule has 0 radical (unpaired) electrons. The van der Waals surface area contributed by atoms with Crippen LogP contribution in [0.15, 0.2) is 29.2 Å². The number of carbonyl (C=O) groups excluding carboxylic acids is 1. The summed E-state index contributed by atoms with van der Waals surface area (Å²) in [5, 5.41) is 10.0. The third-order valence-corrected chi connectivity index (χ3v) is 2.16. The van der Waals surface area contributed by atoms with E-state index in [0.717, 1.165) is 16.7 Å². The Morgan fingerprint density at radius 1 is 1.38 bits per heavy atom. The van der Waals surface area contributed by atoms with Crippen molar-refractivity contribution in [3.8, 4) is 0 Å². The molecule has 0 aromatic heterocycles. The topological polar surface area (TPSA) is 40.1 Å². The number of carbonyl (C=O) groups is 1. The van der Waals surface area contributed by atoms with E-state index in [4.69, 9.17) is 0 Å². The Balaban J connectivity index is 0.00000144. The van der Waals surface area contributed by atoms with Crippen LogP contribution >= 0.6 is 11.8 Å². The van der Waals surface area contributed by atoms with E-state index < -0.39 is 5.97 Å². The van der Waals surface area contributed by atoms with Gasteiger partial charge in [0.05, 0.1) is 5.97 Å². The summed E-state index contributed by atoms with van der Waals surface area (Å²) in [5.74, 6) is -1.55. The number of benzene rings is 1. The minimum atomic E-state index is -1.12. The zero-order chi connectivity index (χ0) is 8.97. The normalized spacial score (nSPS) is 9.00. The molecule has 0 heterocycles. The number of carboxylic acids is 1. The summed E-state index contributed by atoms with van der Waals surface area (Å²) in [4.78, 5) is 10.8. The van der Waals surface area contributed by atoms with Crippen LogP contribution in [0.1, 0.15) is 0 Å². The SMILES string of the molecule is O=C([O-])CSc1ccc(F)cc1.[Na+]. The Labute approximate surface area is 102 Å². The Bertz CT molecular complexity index is 276. The maximum absolute atomic E-state index is 12.3. The molecule has 0 aliphatic carbocycles. The summed E-state index contributed by atoms with van der Waals surface area (Å²) in [7, 11) is 0. The first-order valence-electron chi connectivity index (χ1n) is 3.26. The molecule has 13 heavy (non-hydrogen) atoms. The summed E-state index contributed by atoms with van der Waals surface area (Å²) in [6, 6.07) is 5.64. The first-order valence-corrected chi connectivity index (χ1v) is 4.25. The summed E-state index contributed by atoms with van der Waals surface area (Å²) in [5.41, 5.74) is 0. The third kappa shape index (κ3) is 5.31. The van der Waals surface area contributed by atoms with E-state index in [0.29, 0.717) is 0 Å². The van der Waals surface area contributed by atoms with Crippen molar-refractivity contribution in [2.24, 2.45) is 0 Å². The molecule has 0 amide bonds. The minimum absolute atomic E-state index is 0. The van der Waals surface area contributed by atoms with Crippen molar-refractivity contribution in [1.29, 1.82) is 0 Å². The fourth-order valence-corrected chi connectivity index (χ4v) is 1.29. The van der Waals surface area contributed by atoms with Crippen molar-refractivity contribution < 1.29 is 43.8 Å². The van der Waals surface area contributed by atoms with E-state index in [-0.39, 0.29) is 41.1 Å². The zero-order valence-electron chi connectivity index (χ0n) is 7.12. The van der Waals surface area contributed by atoms with Gasteiger partial charge in [-0.05, 0) is 24.3 Å². The molecule has 0 saturated carbocycles. The number of halogens is 1. The second kappa shape index (κ2) is 6.43. The standard InChI is InChI=1S/C8H7FO2S.Na/c9-6-1-3-7(4-2-6)12-5-8(10)11;/h1-4H,5H2,(H,10,11);/q;+1/p-1. The van der Waals surface area contributed by atoms with Gasteiger partial charge < -0.3 is 9.90 Å². The molecule has 0 unspecified atom stereocenters. The molecule has 0 N–H and O–H groups in total. The molecule has 1 aromatic carbocycles. The third-order valence-electron chi connectivity index (χ3n) is 1.17. The monoisotopic (exact) mass is 208 g/mol. The van der Waals surface area contributed by atoms with E-state index in [2.05, 4.69) is 0 Å². The van der Waals surface area contributed by atoms with Gasteiger partial charge in [0.25, 0.3) is 0 Å². The van der Waals surface area contributed by atoms with Crippen LogP contribution in [0.25, 0.3) is 0 Å².